The van der Waals surface area contributed by atoms with Crippen LogP contribution in [0.1, 0.15) is 35.7 Å². The van der Waals surface area contributed by atoms with E-state index in [9.17, 15) is 9.90 Å². The van der Waals surface area contributed by atoms with Crippen molar-refractivity contribution in [2.24, 2.45) is 0 Å². The summed E-state index contributed by atoms with van der Waals surface area (Å²) < 4.78 is 7.06. The van der Waals surface area contributed by atoms with E-state index in [2.05, 4.69) is 25.4 Å². The number of fused-ring (bicyclic) bond motifs is 1. The molecule has 0 saturated carbocycles. The Balaban J connectivity index is 1.53. The molecule has 0 bridgehead atoms. The number of imidazole rings is 1. The number of oxazole rings is 1. The Labute approximate surface area is 195 Å². The minimum Gasteiger partial charge on any atom is -0.444 e. The van der Waals surface area contributed by atoms with E-state index in [0.29, 0.717) is 28.6 Å². The Kier molecular flexibility index (Phi) is 5.18. The predicted octanol–water partition coefficient (Wildman–Crippen LogP) is 4.23. The van der Waals surface area contributed by atoms with Crippen LogP contribution in [0.3, 0.4) is 0 Å². The molecule has 0 fully saturated rings. The number of anilines is 1. The van der Waals surface area contributed by atoms with Crippen LogP contribution in [0.25, 0.3) is 28.2 Å². The van der Waals surface area contributed by atoms with E-state index in [4.69, 9.17) is 4.42 Å². The largest absolute Gasteiger partial charge is 0.444 e. The maximum Gasteiger partial charge on any atom is 0.278 e. The van der Waals surface area contributed by atoms with E-state index in [0.717, 1.165) is 16.8 Å². The van der Waals surface area contributed by atoms with Gasteiger partial charge in [0.25, 0.3) is 5.91 Å². The number of rotatable bonds is 5. The van der Waals surface area contributed by atoms with Gasteiger partial charge in [-0.3, -0.25) is 9.78 Å². The third-order valence-corrected chi connectivity index (χ3v) is 5.27. The number of nitrogens with one attached hydrogen (secondary N) is 1. The zero-order chi connectivity index (χ0) is 23.9. The van der Waals surface area contributed by atoms with Crippen LogP contribution < -0.4 is 5.32 Å². The van der Waals surface area contributed by atoms with E-state index >= 15 is 0 Å². The maximum absolute atomic E-state index is 13.1. The lowest BCUT2D eigenvalue weighted by Crippen LogP contribution is -2.16. The summed E-state index contributed by atoms with van der Waals surface area (Å²) in [5, 5.41) is 17.8. The summed E-state index contributed by atoms with van der Waals surface area (Å²) in [6, 6.07) is 15.0. The van der Waals surface area contributed by atoms with Crippen LogP contribution >= 0.6 is 0 Å². The Morgan fingerprint density at radius 3 is 2.62 bits per heavy atom. The summed E-state index contributed by atoms with van der Waals surface area (Å²) in [6.07, 6.45) is 4.61. The molecule has 0 aliphatic rings. The Hall–Kier alpha value is -4.37. The molecule has 0 radical (unpaired) electrons. The smallest absolute Gasteiger partial charge is 0.278 e. The second kappa shape index (κ2) is 8.20. The van der Waals surface area contributed by atoms with Crippen molar-refractivity contribution in [1.29, 1.82) is 0 Å². The first kappa shape index (κ1) is 21.5. The van der Waals surface area contributed by atoms with Crippen molar-refractivity contribution in [1.82, 2.24) is 24.6 Å². The van der Waals surface area contributed by atoms with Gasteiger partial charge in [0.15, 0.2) is 17.2 Å². The molecule has 34 heavy (non-hydrogen) atoms. The highest BCUT2D eigenvalue weighted by Gasteiger charge is 2.22. The van der Waals surface area contributed by atoms with Gasteiger partial charge in [-0.2, -0.15) is 0 Å². The van der Waals surface area contributed by atoms with Crippen LogP contribution in [-0.4, -0.2) is 35.6 Å². The van der Waals surface area contributed by atoms with Crippen molar-refractivity contribution >= 4 is 17.4 Å². The number of hydrogen-bond donors (Lipinski definition) is 2. The van der Waals surface area contributed by atoms with E-state index in [1.54, 1.807) is 32.3 Å². The van der Waals surface area contributed by atoms with Gasteiger partial charge in [-0.25, -0.2) is 14.5 Å². The minimum atomic E-state index is -1.13. The maximum atomic E-state index is 13.1. The highest BCUT2D eigenvalue weighted by Crippen LogP contribution is 2.29. The lowest BCUT2D eigenvalue weighted by atomic mass is 10.1. The summed E-state index contributed by atoms with van der Waals surface area (Å²) in [4.78, 5) is 26.1. The van der Waals surface area contributed by atoms with Gasteiger partial charge < -0.3 is 14.8 Å². The fourth-order valence-corrected chi connectivity index (χ4v) is 3.51. The summed E-state index contributed by atoms with van der Waals surface area (Å²) in [6.45, 7) is 5.18. The first-order valence-electron chi connectivity index (χ1n) is 10.7. The molecule has 9 nitrogen and oxygen atoms in total. The molecule has 0 unspecified atom stereocenters. The molecule has 0 saturated heterocycles. The first-order chi connectivity index (χ1) is 16.3. The molecule has 4 heterocycles. The zero-order valence-corrected chi connectivity index (χ0v) is 18.9. The molecule has 1 aromatic carbocycles. The average Bonchev–Trinajstić information content (AvgIpc) is 3.46. The monoisotopic (exact) mass is 454 g/mol. The second-order valence-electron chi connectivity index (χ2n) is 8.44. The van der Waals surface area contributed by atoms with Crippen LogP contribution in [0.15, 0.2) is 71.6 Å². The zero-order valence-electron chi connectivity index (χ0n) is 18.9. The molecule has 0 spiro atoms. The number of amides is 1. The second-order valence-corrected chi connectivity index (χ2v) is 8.44. The van der Waals surface area contributed by atoms with Crippen LogP contribution in [0, 0.1) is 6.92 Å². The van der Waals surface area contributed by atoms with Gasteiger partial charge in [-0.05, 0) is 44.5 Å². The molecule has 4 aromatic heterocycles. The number of carbonyl (C=O) groups is 1. The number of carbonyl (C=O) groups excluding carboxylic acids is 1. The molecule has 5 aromatic rings. The number of hydrogen-bond acceptors (Lipinski definition) is 7. The van der Waals surface area contributed by atoms with Crippen molar-refractivity contribution in [2.75, 3.05) is 5.32 Å². The van der Waals surface area contributed by atoms with Gasteiger partial charge in [0.1, 0.15) is 11.9 Å². The predicted molar refractivity (Wildman–Crippen MR) is 126 cm³/mol. The Morgan fingerprint density at radius 2 is 1.88 bits per heavy atom. The highest BCUT2D eigenvalue weighted by molar-refractivity contribution is 6.04. The van der Waals surface area contributed by atoms with Crippen LogP contribution in [-0.2, 0) is 5.60 Å². The third-order valence-electron chi connectivity index (χ3n) is 5.27. The average molecular weight is 454 g/mol. The summed E-state index contributed by atoms with van der Waals surface area (Å²) in [5.41, 5.74) is 3.09. The highest BCUT2D eigenvalue weighted by atomic mass is 16.3. The summed E-state index contributed by atoms with van der Waals surface area (Å²) in [5.74, 6) is 0.187. The molecule has 0 atom stereocenters. The molecule has 170 valence electrons. The van der Waals surface area contributed by atoms with Crippen molar-refractivity contribution in [2.45, 2.75) is 26.4 Å². The standard InChI is InChI=1S/C25H22N6O3/c1-15-11-17(9-10-26-15)24-27-19(14-34-24)23(32)29-22-18(16-7-5-4-6-8-16)12-21-28-20(25(2,3)33)13-31(21)30-22/h4-14,33H,1-3H3,(H,29,30,32). The fraction of sp³-hybridized carbons (Fsp3) is 0.160. The molecule has 9 heteroatoms. The number of aromatic nitrogens is 5. The number of nitrogens with zero attached hydrogens (tertiary/aromatic N) is 5. The lowest BCUT2D eigenvalue weighted by molar-refractivity contribution is 0.0743. The van der Waals surface area contributed by atoms with E-state index in [1.807, 2.05) is 49.4 Å². The van der Waals surface area contributed by atoms with Gasteiger partial charge >= 0.3 is 0 Å². The number of aryl methyl sites for hydroxylation is 1. The number of pyridine rings is 1. The molecular formula is C25H22N6O3. The molecule has 0 aliphatic carbocycles. The normalized spacial score (nSPS) is 11.6. The van der Waals surface area contributed by atoms with E-state index in [-0.39, 0.29) is 5.69 Å². The Bertz CT molecular complexity index is 1500. The van der Waals surface area contributed by atoms with Gasteiger partial charge in [0, 0.05) is 23.0 Å². The fourth-order valence-electron chi connectivity index (χ4n) is 3.51. The lowest BCUT2D eigenvalue weighted by Gasteiger charge is -2.12. The number of benzene rings is 1. The molecular weight excluding hydrogens is 432 g/mol. The molecule has 2 N–H and O–H groups in total. The third kappa shape index (κ3) is 4.16. The van der Waals surface area contributed by atoms with E-state index in [1.165, 1.54) is 10.8 Å². The van der Waals surface area contributed by atoms with Crippen molar-refractivity contribution in [3.05, 3.63) is 84.3 Å². The van der Waals surface area contributed by atoms with Crippen LogP contribution in [0.4, 0.5) is 5.82 Å². The molecule has 5 rings (SSSR count). The summed E-state index contributed by atoms with van der Waals surface area (Å²) in [7, 11) is 0. The Morgan fingerprint density at radius 1 is 1.09 bits per heavy atom. The first-order valence-corrected chi connectivity index (χ1v) is 10.7. The minimum absolute atomic E-state index is 0.119. The van der Waals surface area contributed by atoms with Crippen LogP contribution in [0.5, 0.6) is 0 Å². The van der Waals surface area contributed by atoms with Crippen molar-refractivity contribution in [3.8, 4) is 22.6 Å². The van der Waals surface area contributed by atoms with E-state index < -0.39 is 11.5 Å². The summed E-state index contributed by atoms with van der Waals surface area (Å²) >= 11 is 0. The van der Waals surface area contributed by atoms with Gasteiger partial charge in [-0.1, -0.05) is 30.3 Å². The van der Waals surface area contributed by atoms with Crippen molar-refractivity contribution < 1.29 is 14.3 Å². The van der Waals surface area contributed by atoms with Crippen molar-refractivity contribution in [3.63, 3.8) is 0 Å². The van der Waals surface area contributed by atoms with Gasteiger partial charge in [-0.15, -0.1) is 5.10 Å². The topological polar surface area (TPSA) is 118 Å². The van der Waals surface area contributed by atoms with Gasteiger partial charge in [0.2, 0.25) is 5.89 Å². The SMILES string of the molecule is Cc1cc(-c2nc(C(=O)Nc3nn4cc(C(C)(C)O)nc4cc3-c3ccccc3)co2)ccn1. The van der Waals surface area contributed by atoms with Gasteiger partial charge in [0.05, 0.1) is 11.9 Å². The quantitative estimate of drug-likeness (QED) is 0.408. The molecule has 1 amide bonds. The molecule has 0 aliphatic heterocycles. The number of aliphatic hydroxyl groups is 1. The van der Waals surface area contributed by atoms with Crippen LogP contribution in [0.2, 0.25) is 0 Å².